The fourth-order valence-electron chi connectivity index (χ4n) is 4.74. The molecule has 0 aromatic carbocycles. The van der Waals surface area contributed by atoms with E-state index in [-0.39, 0.29) is 23.5 Å². The van der Waals surface area contributed by atoms with Gasteiger partial charge in [-0.15, -0.1) is 5.10 Å². The van der Waals surface area contributed by atoms with Crippen molar-refractivity contribution < 1.29 is 22.8 Å². The number of carbonyl (C=O) groups excluding carboxylic acids is 2. The average molecular weight is 551 g/mol. The number of aromatic nitrogens is 6. The molecule has 2 aromatic heterocycles. The van der Waals surface area contributed by atoms with Crippen molar-refractivity contribution >= 4 is 18.0 Å². The van der Waals surface area contributed by atoms with Gasteiger partial charge in [-0.05, 0) is 80.7 Å². The summed E-state index contributed by atoms with van der Waals surface area (Å²) in [6, 6.07) is -0.100. The van der Waals surface area contributed by atoms with Gasteiger partial charge in [-0.3, -0.25) is 19.3 Å². The van der Waals surface area contributed by atoms with Crippen molar-refractivity contribution in [2.24, 2.45) is 28.5 Å². The van der Waals surface area contributed by atoms with Gasteiger partial charge >= 0.3 is 6.18 Å². The Labute approximate surface area is 223 Å². The van der Waals surface area contributed by atoms with Crippen LogP contribution in [0.2, 0.25) is 0 Å². The van der Waals surface area contributed by atoms with E-state index in [1.54, 1.807) is 16.9 Å². The normalized spacial score (nSPS) is 18.1. The highest BCUT2D eigenvalue weighted by molar-refractivity contribution is 5.98. The minimum Gasteiger partial charge on any atom is -0.403 e. The number of tetrazole rings is 1. The first-order chi connectivity index (χ1) is 18.5. The largest absolute Gasteiger partial charge is 0.408 e. The molecule has 0 aliphatic heterocycles. The summed E-state index contributed by atoms with van der Waals surface area (Å²) >= 11 is 0. The Morgan fingerprint density at radius 3 is 2.44 bits per heavy atom. The number of nitrogens with one attached hydrogen (secondary N) is 2. The number of allylic oxidation sites excluding steroid dienone is 1. The van der Waals surface area contributed by atoms with Crippen molar-refractivity contribution in [3.8, 4) is 0 Å². The highest BCUT2D eigenvalue weighted by atomic mass is 19.4. The molecule has 2 saturated carbocycles. The number of aliphatic imine (C=N–C) groups is 1. The van der Waals surface area contributed by atoms with Crippen molar-refractivity contribution in [3.63, 3.8) is 0 Å². The number of amides is 2. The molecule has 2 aliphatic rings. The Kier molecular flexibility index (Phi) is 8.35. The molecule has 2 fully saturated rings. The first-order valence-electron chi connectivity index (χ1n) is 12.9. The minimum atomic E-state index is -4.50. The maximum absolute atomic E-state index is 13.6. The van der Waals surface area contributed by atoms with Gasteiger partial charge in [0.25, 0.3) is 5.91 Å². The second-order valence-electron chi connectivity index (χ2n) is 10.3. The van der Waals surface area contributed by atoms with Crippen LogP contribution in [0.15, 0.2) is 29.2 Å². The van der Waals surface area contributed by atoms with Crippen LogP contribution in [0.25, 0.3) is 0 Å². The highest BCUT2D eigenvalue weighted by Crippen LogP contribution is 2.50. The first-order valence-corrected chi connectivity index (χ1v) is 12.9. The molecule has 1 unspecified atom stereocenters. The minimum absolute atomic E-state index is 0.0220. The molecule has 4 rings (SSSR count). The van der Waals surface area contributed by atoms with Gasteiger partial charge in [0.15, 0.2) is 5.82 Å². The maximum atomic E-state index is 13.6. The van der Waals surface area contributed by atoms with Crippen LogP contribution in [0.5, 0.6) is 0 Å². The van der Waals surface area contributed by atoms with Crippen molar-refractivity contribution in [2.75, 3.05) is 0 Å². The third kappa shape index (κ3) is 7.20. The lowest BCUT2D eigenvalue weighted by molar-refractivity contribution is -0.143. The number of alkyl halides is 3. The van der Waals surface area contributed by atoms with E-state index >= 15 is 0 Å². The quantitative estimate of drug-likeness (QED) is 0.342. The average Bonchev–Trinajstić information content (AvgIpc) is 3.79. The molecule has 2 heterocycles. The van der Waals surface area contributed by atoms with Crippen LogP contribution < -0.4 is 16.4 Å². The fourth-order valence-corrected chi connectivity index (χ4v) is 4.74. The van der Waals surface area contributed by atoms with Crippen LogP contribution in [0.4, 0.5) is 13.2 Å². The van der Waals surface area contributed by atoms with Crippen LogP contribution in [0, 0.1) is 17.8 Å². The number of carbonyl (C=O) groups is 2. The van der Waals surface area contributed by atoms with Crippen LogP contribution in [0.1, 0.15) is 74.9 Å². The number of nitrogens with zero attached hydrogens (tertiary/aromatic N) is 7. The molecule has 2 aliphatic carbocycles. The molecule has 2 atom stereocenters. The number of hydrogen-bond acceptors (Lipinski definition) is 8. The lowest BCUT2D eigenvalue weighted by Gasteiger charge is -2.28. The molecule has 4 N–H and O–H groups in total. The summed E-state index contributed by atoms with van der Waals surface area (Å²) in [5.74, 6) is -0.276. The SMILES string of the molecule is CC(N=CC(=CN)NC(=O)[C@@H](NC(=O)c1ccnn1C(C)C)C(C1CC1)C1CC1)c1nnnn1CC(F)(F)F. The van der Waals surface area contributed by atoms with Gasteiger partial charge in [-0.25, -0.2) is 4.68 Å². The molecular formula is C24H33F3N10O2. The summed E-state index contributed by atoms with van der Waals surface area (Å²) in [6.45, 7) is 3.98. The van der Waals surface area contributed by atoms with Gasteiger partial charge in [0.1, 0.15) is 24.3 Å². The molecule has 0 radical (unpaired) electrons. The predicted octanol–water partition coefficient (Wildman–Crippen LogP) is 2.30. The van der Waals surface area contributed by atoms with Crippen LogP contribution in [-0.2, 0) is 11.3 Å². The molecule has 15 heteroatoms. The van der Waals surface area contributed by atoms with Crippen LogP contribution in [-0.4, -0.2) is 60.2 Å². The zero-order valence-electron chi connectivity index (χ0n) is 22.0. The van der Waals surface area contributed by atoms with Crippen LogP contribution in [0.3, 0.4) is 0 Å². The van der Waals surface area contributed by atoms with E-state index < -0.39 is 36.6 Å². The molecule has 39 heavy (non-hydrogen) atoms. The fraction of sp³-hybridized carbons (Fsp3) is 0.625. The molecule has 212 valence electrons. The summed E-state index contributed by atoms with van der Waals surface area (Å²) in [7, 11) is 0. The van der Waals surface area contributed by atoms with E-state index in [1.807, 2.05) is 13.8 Å². The lowest BCUT2D eigenvalue weighted by atomic mass is 9.88. The zero-order valence-corrected chi connectivity index (χ0v) is 22.0. The number of hydrogen-bond donors (Lipinski definition) is 3. The Bertz CT molecular complexity index is 1210. The Morgan fingerprint density at radius 2 is 1.87 bits per heavy atom. The van der Waals surface area contributed by atoms with Crippen molar-refractivity contribution in [3.05, 3.63) is 35.7 Å². The van der Waals surface area contributed by atoms with E-state index in [4.69, 9.17) is 5.73 Å². The summed E-state index contributed by atoms with van der Waals surface area (Å²) < 4.78 is 40.7. The zero-order chi connectivity index (χ0) is 28.3. The van der Waals surface area contributed by atoms with E-state index in [9.17, 15) is 22.8 Å². The topological polar surface area (TPSA) is 158 Å². The summed E-state index contributed by atoms with van der Waals surface area (Å²) in [6.07, 6.45) is 3.39. The van der Waals surface area contributed by atoms with Gasteiger partial charge in [-0.1, -0.05) is 0 Å². The van der Waals surface area contributed by atoms with E-state index in [2.05, 4.69) is 36.3 Å². The molecule has 0 spiro atoms. The van der Waals surface area contributed by atoms with Crippen molar-refractivity contribution in [2.45, 2.75) is 77.3 Å². The van der Waals surface area contributed by atoms with Crippen LogP contribution >= 0.6 is 0 Å². The third-order valence-electron chi connectivity index (χ3n) is 6.83. The Balaban J connectivity index is 1.49. The number of halogens is 3. The van der Waals surface area contributed by atoms with E-state index in [1.165, 1.54) is 13.1 Å². The van der Waals surface area contributed by atoms with Gasteiger partial charge in [0.05, 0.1) is 5.70 Å². The summed E-state index contributed by atoms with van der Waals surface area (Å²) in [5, 5.41) is 20.2. The third-order valence-corrected chi connectivity index (χ3v) is 6.83. The highest BCUT2D eigenvalue weighted by Gasteiger charge is 2.48. The standard InChI is InChI=1S/C24H33F3N10O2/c1-13(2)37-18(8-9-30-37)22(38)32-20(19(15-4-5-15)16-6-7-16)23(39)31-17(10-28)11-29-14(3)21-33-34-35-36(21)12-24(25,26)27/h8-11,13-16,19-20H,4-7,12,28H2,1-3H3,(H,31,39)(H,32,38)/t14?,20-/m0/s1. The van der Waals surface area contributed by atoms with Gasteiger partial charge in [-0.2, -0.15) is 18.3 Å². The lowest BCUT2D eigenvalue weighted by Crippen LogP contribution is -2.52. The van der Waals surface area contributed by atoms with Gasteiger partial charge < -0.3 is 16.4 Å². The van der Waals surface area contributed by atoms with Gasteiger partial charge in [0.2, 0.25) is 5.91 Å². The van der Waals surface area contributed by atoms with Crippen molar-refractivity contribution in [1.82, 2.24) is 40.6 Å². The molecule has 12 nitrogen and oxygen atoms in total. The first kappa shape index (κ1) is 28.2. The molecule has 0 saturated heterocycles. The monoisotopic (exact) mass is 550 g/mol. The smallest absolute Gasteiger partial charge is 0.403 e. The molecule has 2 amide bonds. The summed E-state index contributed by atoms with van der Waals surface area (Å²) in [4.78, 5) is 31.0. The molecular weight excluding hydrogens is 517 g/mol. The Morgan fingerprint density at radius 1 is 1.21 bits per heavy atom. The van der Waals surface area contributed by atoms with E-state index in [0.29, 0.717) is 22.2 Å². The van der Waals surface area contributed by atoms with Crippen molar-refractivity contribution in [1.29, 1.82) is 0 Å². The summed E-state index contributed by atoms with van der Waals surface area (Å²) in [5.41, 5.74) is 6.21. The van der Waals surface area contributed by atoms with E-state index in [0.717, 1.165) is 31.9 Å². The number of nitrogens with two attached hydrogens (primary N) is 1. The second kappa shape index (κ2) is 11.5. The molecule has 0 bridgehead atoms. The second-order valence-corrected chi connectivity index (χ2v) is 10.3. The molecule has 2 aromatic rings. The van der Waals surface area contributed by atoms with Gasteiger partial charge in [0, 0.05) is 24.7 Å². The number of rotatable bonds is 12. The maximum Gasteiger partial charge on any atom is 0.408 e. The predicted molar refractivity (Wildman–Crippen MR) is 134 cm³/mol. The Hall–Kier alpha value is -3.78.